The van der Waals surface area contributed by atoms with E-state index in [4.69, 9.17) is 9.47 Å². The number of benzene rings is 2. The van der Waals surface area contributed by atoms with Gasteiger partial charge in [-0.1, -0.05) is 89.5 Å². The topological polar surface area (TPSA) is 47.6 Å². The van der Waals surface area contributed by atoms with Crippen molar-refractivity contribution in [3.05, 3.63) is 59.7 Å². The van der Waals surface area contributed by atoms with Gasteiger partial charge in [-0.3, -0.25) is 4.79 Å². The average molecular weight is 522 g/mol. The molecule has 2 aromatic carbocycles. The first kappa shape index (κ1) is 31.5. The van der Waals surface area contributed by atoms with Crippen LogP contribution in [0, 0.1) is 0 Å². The Labute approximate surface area is 232 Å². The monoisotopic (exact) mass is 521 g/mol. The maximum atomic E-state index is 11.9. The number of allylic oxidation sites excluding steroid dienone is 2. The third kappa shape index (κ3) is 11.8. The van der Waals surface area contributed by atoms with Crippen LogP contribution >= 0.6 is 0 Å². The number of unbranched alkanes of at least 4 members (excludes halogenated alkanes) is 9. The van der Waals surface area contributed by atoms with Gasteiger partial charge in [0, 0.05) is 13.0 Å². The van der Waals surface area contributed by atoms with Gasteiger partial charge in [-0.2, -0.15) is 0 Å². The van der Waals surface area contributed by atoms with Crippen LogP contribution in [0.3, 0.4) is 0 Å². The molecule has 0 radical (unpaired) electrons. The number of hydrogen-bond acceptors (Lipinski definition) is 3. The van der Waals surface area contributed by atoms with Crippen LogP contribution in [0.2, 0.25) is 0 Å². The van der Waals surface area contributed by atoms with E-state index >= 15 is 0 Å². The van der Waals surface area contributed by atoms with E-state index in [0.29, 0.717) is 6.42 Å². The molecule has 0 aliphatic carbocycles. The zero-order valence-corrected chi connectivity index (χ0v) is 24.5. The number of hydrogen-bond donors (Lipinski definition) is 1. The Morgan fingerprint density at radius 3 is 1.55 bits per heavy atom. The molecule has 38 heavy (non-hydrogen) atoms. The number of carbonyl (C=O) groups is 1. The highest BCUT2D eigenvalue weighted by Gasteiger charge is 2.11. The molecule has 1 N–H and O–H groups in total. The van der Waals surface area contributed by atoms with Crippen molar-refractivity contribution in [2.24, 2.45) is 0 Å². The standard InChI is InChI=1S/C34H51NO3/c1-5-7-16-27-35-34(36)18-15-13-11-9-8-10-12-14-17-33(29-21-25-31(38-4)26-22-29)32(6-2)28-19-23-30(37-3)24-20-28/h19-26H,5-18,27H2,1-4H3,(H,35,36). The SMILES string of the molecule is CCCCCNC(=O)CCCCCCCCCCC(=C(CC)c1ccc(OC)cc1)c1ccc(OC)cc1. The lowest BCUT2D eigenvalue weighted by Gasteiger charge is -2.17. The molecule has 2 rings (SSSR count). The first-order valence-electron chi connectivity index (χ1n) is 14.9. The third-order valence-corrected chi connectivity index (χ3v) is 7.28. The molecule has 0 bridgehead atoms. The molecule has 0 aliphatic rings. The summed E-state index contributed by atoms with van der Waals surface area (Å²) < 4.78 is 10.8. The maximum Gasteiger partial charge on any atom is 0.219 e. The zero-order chi connectivity index (χ0) is 27.4. The van der Waals surface area contributed by atoms with Gasteiger partial charge in [-0.15, -0.1) is 0 Å². The quantitative estimate of drug-likeness (QED) is 0.139. The number of ether oxygens (including phenoxy) is 2. The van der Waals surface area contributed by atoms with Crippen LogP contribution in [0.15, 0.2) is 48.5 Å². The van der Waals surface area contributed by atoms with Crippen molar-refractivity contribution in [3.8, 4) is 11.5 Å². The van der Waals surface area contributed by atoms with Crippen molar-refractivity contribution in [2.45, 2.75) is 104 Å². The maximum absolute atomic E-state index is 11.9. The first-order chi connectivity index (χ1) is 18.6. The molecule has 0 fully saturated rings. The van der Waals surface area contributed by atoms with Crippen molar-refractivity contribution < 1.29 is 14.3 Å². The summed E-state index contributed by atoms with van der Waals surface area (Å²) >= 11 is 0. The average Bonchev–Trinajstić information content (AvgIpc) is 2.96. The van der Waals surface area contributed by atoms with Gasteiger partial charge in [0.2, 0.25) is 5.91 Å². The fraction of sp³-hybridized carbons (Fsp3) is 0.559. The van der Waals surface area contributed by atoms with Gasteiger partial charge in [0.05, 0.1) is 14.2 Å². The zero-order valence-electron chi connectivity index (χ0n) is 24.5. The van der Waals surface area contributed by atoms with Gasteiger partial charge in [-0.05, 0) is 78.6 Å². The number of rotatable bonds is 20. The van der Waals surface area contributed by atoms with Crippen molar-refractivity contribution in [1.29, 1.82) is 0 Å². The largest absolute Gasteiger partial charge is 0.497 e. The Morgan fingerprint density at radius 2 is 1.08 bits per heavy atom. The molecule has 0 heterocycles. The summed E-state index contributed by atoms with van der Waals surface area (Å²) in [6.07, 6.45) is 15.9. The van der Waals surface area contributed by atoms with E-state index in [0.717, 1.165) is 50.1 Å². The van der Waals surface area contributed by atoms with E-state index in [1.807, 2.05) is 0 Å². The summed E-state index contributed by atoms with van der Waals surface area (Å²) in [4.78, 5) is 11.9. The number of carbonyl (C=O) groups excluding carboxylic acids is 1. The van der Waals surface area contributed by atoms with Gasteiger partial charge in [-0.25, -0.2) is 0 Å². The molecule has 0 spiro atoms. The Balaban J connectivity index is 1.79. The smallest absolute Gasteiger partial charge is 0.219 e. The van der Waals surface area contributed by atoms with Crippen molar-refractivity contribution in [2.75, 3.05) is 20.8 Å². The van der Waals surface area contributed by atoms with E-state index in [-0.39, 0.29) is 5.91 Å². The minimum Gasteiger partial charge on any atom is -0.497 e. The number of methoxy groups -OCH3 is 2. The first-order valence-corrected chi connectivity index (χ1v) is 14.9. The predicted octanol–water partition coefficient (Wildman–Crippen LogP) is 9.23. The van der Waals surface area contributed by atoms with Crippen LogP contribution in [-0.4, -0.2) is 26.7 Å². The van der Waals surface area contributed by atoms with Crippen molar-refractivity contribution in [3.63, 3.8) is 0 Å². The molecule has 4 nitrogen and oxygen atoms in total. The molecule has 1 amide bonds. The van der Waals surface area contributed by atoms with Gasteiger partial charge < -0.3 is 14.8 Å². The molecule has 0 aliphatic heterocycles. The molecule has 0 unspecified atom stereocenters. The summed E-state index contributed by atoms with van der Waals surface area (Å²) in [6.45, 7) is 5.27. The van der Waals surface area contributed by atoms with Gasteiger partial charge in [0.1, 0.15) is 11.5 Å². The molecule has 0 saturated carbocycles. The lowest BCUT2D eigenvalue weighted by molar-refractivity contribution is -0.121. The van der Waals surface area contributed by atoms with Crippen LogP contribution in [0.5, 0.6) is 11.5 Å². The molecule has 0 atom stereocenters. The molecule has 210 valence electrons. The summed E-state index contributed by atoms with van der Waals surface area (Å²) in [5.74, 6) is 2.01. The number of amides is 1. The van der Waals surface area contributed by atoms with E-state index in [1.54, 1.807) is 14.2 Å². The minimum atomic E-state index is 0.225. The number of nitrogens with one attached hydrogen (secondary N) is 1. The Hall–Kier alpha value is -2.75. The predicted molar refractivity (Wildman–Crippen MR) is 162 cm³/mol. The lowest BCUT2D eigenvalue weighted by atomic mass is 9.89. The van der Waals surface area contributed by atoms with Crippen molar-refractivity contribution >= 4 is 17.1 Å². The highest BCUT2D eigenvalue weighted by atomic mass is 16.5. The second-order valence-electron chi connectivity index (χ2n) is 10.2. The van der Waals surface area contributed by atoms with E-state index in [1.165, 1.54) is 73.6 Å². The van der Waals surface area contributed by atoms with Crippen LogP contribution in [0.25, 0.3) is 11.1 Å². The third-order valence-electron chi connectivity index (χ3n) is 7.28. The molecule has 0 saturated heterocycles. The van der Waals surface area contributed by atoms with E-state index in [2.05, 4.69) is 67.7 Å². The molecule has 2 aromatic rings. The van der Waals surface area contributed by atoms with Gasteiger partial charge in [0.25, 0.3) is 0 Å². The van der Waals surface area contributed by atoms with Crippen molar-refractivity contribution in [1.82, 2.24) is 5.32 Å². The van der Waals surface area contributed by atoms with Crippen LogP contribution < -0.4 is 14.8 Å². The van der Waals surface area contributed by atoms with E-state index < -0.39 is 0 Å². The molecule has 0 aromatic heterocycles. The van der Waals surface area contributed by atoms with Gasteiger partial charge in [0.15, 0.2) is 0 Å². The highest BCUT2D eigenvalue weighted by Crippen LogP contribution is 2.34. The Kier molecular flexibility index (Phi) is 16.0. The fourth-order valence-electron chi connectivity index (χ4n) is 4.98. The van der Waals surface area contributed by atoms with Crippen LogP contribution in [0.1, 0.15) is 115 Å². The fourth-order valence-corrected chi connectivity index (χ4v) is 4.98. The second kappa shape index (κ2) is 19.3. The highest BCUT2D eigenvalue weighted by molar-refractivity contribution is 5.91. The van der Waals surface area contributed by atoms with Crippen LogP contribution in [0.4, 0.5) is 0 Å². The Morgan fingerprint density at radius 1 is 0.605 bits per heavy atom. The second-order valence-corrected chi connectivity index (χ2v) is 10.2. The van der Waals surface area contributed by atoms with E-state index in [9.17, 15) is 4.79 Å². The summed E-state index contributed by atoms with van der Waals surface area (Å²) in [5.41, 5.74) is 5.40. The summed E-state index contributed by atoms with van der Waals surface area (Å²) in [6, 6.07) is 17.0. The van der Waals surface area contributed by atoms with Crippen LogP contribution in [-0.2, 0) is 4.79 Å². The molecular weight excluding hydrogens is 470 g/mol. The summed E-state index contributed by atoms with van der Waals surface area (Å²) in [5, 5.41) is 3.04. The molecular formula is C34H51NO3. The Bertz CT molecular complexity index is 931. The molecule has 4 heteroatoms. The summed E-state index contributed by atoms with van der Waals surface area (Å²) in [7, 11) is 3.43. The minimum absolute atomic E-state index is 0.225. The normalized spacial score (nSPS) is 11.7. The lowest BCUT2D eigenvalue weighted by Crippen LogP contribution is -2.23. The van der Waals surface area contributed by atoms with Gasteiger partial charge >= 0.3 is 0 Å².